The maximum Gasteiger partial charge on any atom is 0.133 e. The minimum Gasteiger partial charge on any atom is -0.398 e. The molecule has 0 bridgehead atoms. The van der Waals surface area contributed by atoms with Crippen molar-refractivity contribution in [3.8, 4) is 11.1 Å². The molecule has 1 nitrogen and oxygen atoms in total. The zero-order chi connectivity index (χ0) is 12.6. The van der Waals surface area contributed by atoms with Gasteiger partial charge in [-0.3, -0.25) is 0 Å². The predicted octanol–water partition coefficient (Wildman–Crippen LogP) is 4.69. The van der Waals surface area contributed by atoms with Crippen molar-refractivity contribution < 1.29 is 4.39 Å². The van der Waals surface area contributed by atoms with Gasteiger partial charge in [0, 0.05) is 26.9 Å². The molecular weight excluding hydrogens is 260 g/mol. The van der Waals surface area contributed by atoms with Crippen molar-refractivity contribution in [1.82, 2.24) is 0 Å². The summed E-state index contributed by atoms with van der Waals surface area (Å²) in [6, 6.07) is 7.90. The Morgan fingerprint density at radius 1 is 1.06 bits per heavy atom. The van der Waals surface area contributed by atoms with Crippen LogP contribution in [0.25, 0.3) is 11.1 Å². The number of rotatable bonds is 1. The normalized spacial score (nSPS) is 10.6. The molecule has 0 aliphatic carbocycles. The zero-order valence-corrected chi connectivity index (χ0v) is 10.6. The summed E-state index contributed by atoms with van der Waals surface area (Å²) in [6.45, 7) is 1.82. The fraction of sp³-hybridized carbons (Fsp3) is 0.0769. The van der Waals surface area contributed by atoms with Crippen LogP contribution >= 0.6 is 23.2 Å². The minimum atomic E-state index is -0.405. The smallest absolute Gasteiger partial charge is 0.133 e. The highest BCUT2D eigenvalue weighted by atomic mass is 35.5. The average Bonchev–Trinajstić information content (AvgIpc) is 2.27. The van der Waals surface area contributed by atoms with E-state index in [1.165, 1.54) is 6.07 Å². The van der Waals surface area contributed by atoms with Gasteiger partial charge in [0.25, 0.3) is 0 Å². The van der Waals surface area contributed by atoms with Crippen LogP contribution in [0, 0.1) is 12.7 Å². The number of halogens is 3. The first-order valence-corrected chi connectivity index (χ1v) is 5.75. The molecule has 2 N–H and O–H groups in total. The molecule has 0 aliphatic heterocycles. The van der Waals surface area contributed by atoms with Crippen molar-refractivity contribution >= 4 is 28.9 Å². The standard InChI is InChI=1S/C13H10Cl2FN/c1-7-4-10(12(16)6-13(7)17)9-5-8(14)2-3-11(9)15/h2-6H,17H2,1H3. The van der Waals surface area contributed by atoms with Gasteiger partial charge in [0.05, 0.1) is 0 Å². The quantitative estimate of drug-likeness (QED) is 0.747. The summed E-state index contributed by atoms with van der Waals surface area (Å²) in [5.41, 5.74) is 7.84. The highest BCUT2D eigenvalue weighted by Crippen LogP contribution is 2.34. The molecule has 0 atom stereocenters. The second-order valence-corrected chi connectivity index (χ2v) is 4.66. The highest BCUT2D eigenvalue weighted by Gasteiger charge is 2.11. The van der Waals surface area contributed by atoms with E-state index in [1.54, 1.807) is 24.3 Å². The molecule has 2 aromatic carbocycles. The van der Waals surface area contributed by atoms with E-state index in [9.17, 15) is 4.39 Å². The Labute approximate surface area is 109 Å². The van der Waals surface area contributed by atoms with Crippen LogP contribution in [0.4, 0.5) is 10.1 Å². The van der Waals surface area contributed by atoms with E-state index in [0.29, 0.717) is 26.9 Å². The number of hydrogen-bond donors (Lipinski definition) is 1. The molecule has 0 saturated heterocycles. The van der Waals surface area contributed by atoms with Gasteiger partial charge in [0.1, 0.15) is 5.82 Å². The molecule has 0 aliphatic rings. The van der Waals surface area contributed by atoms with Crippen molar-refractivity contribution in [2.75, 3.05) is 5.73 Å². The van der Waals surface area contributed by atoms with Crippen LogP contribution < -0.4 is 5.73 Å². The van der Waals surface area contributed by atoms with Gasteiger partial charge in [-0.05, 0) is 42.8 Å². The van der Waals surface area contributed by atoms with E-state index in [0.717, 1.165) is 5.56 Å². The number of hydrogen-bond acceptors (Lipinski definition) is 1. The van der Waals surface area contributed by atoms with E-state index >= 15 is 0 Å². The first kappa shape index (κ1) is 12.2. The van der Waals surface area contributed by atoms with Gasteiger partial charge in [-0.15, -0.1) is 0 Å². The van der Waals surface area contributed by atoms with Crippen LogP contribution in [0.15, 0.2) is 30.3 Å². The van der Waals surface area contributed by atoms with Gasteiger partial charge in [0.15, 0.2) is 0 Å². The lowest BCUT2D eigenvalue weighted by Crippen LogP contribution is -1.94. The Morgan fingerprint density at radius 2 is 1.76 bits per heavy atom. The molecule has 2 aromatic rings. The van der Waals surface area contributed by atoms with Crippen LogP contribution in [0.1, 0.15) is 5.56 Å². The molecule has 88 valence electrons. The Kier molecular flexibility index (Phi) is 3.27. The van der Waals surface area contributed by atoms with Crippen LogP contribution in [-0.4, -0.2) is 0 Å². The molecule has 0 amide bonds. The summed E-state index contributed by atoms with van der Waals surface area (Å²) in [5, 5.41) is 0.968. The molecule has 0 heterocycles. The summed E-state index contributed by atoms with van der Waals surface area (Å²) in [7, 11) is 0. The van der Waals surface area contributed by atoms with Crippen molar-refractivity contribution in [1.29, 1.82) is 0 Å². The van der Waals surface area contributed by atoms with Crippen LogP contribution in [-0.2, 0) is 0 Å². The topological polar surface area (TPSA) is 26.0 Å². The number of aryl methyl sites for hydroxylation is 1. The van der Waals surface area contributed by atoms with Gasteiger partial charge >= 0.3 is 0 Å². The number of nitrogen functional groups attached to an aromatic ring is 1. The molecule has 0 spiro atoms. The fourth-order valence-corrected chi connectivity index (χ4v) is 2.00. The van der Waals surface area contributed by atoms with E-state index in [-0.39, 0.29) is 0 Å². The SMILES string of the molecule is Cc1cc(-c2cc(Cl)ccc2Cl)c(F)cc1N. The molecule has 2 rings (SSSR count). The van der Waals surface area contributed by atoms with E-state index < -0.39 is 5.82 Å². The van der Waals surface area contributed by atoms with Crippen molar-refractivity contribution in [3.63, 3.8) is 0 Å². The van der Waals surface area contributed by atoms with Gasteiger partial charge in [-0.1, -0.05) is 23.2 Å². The van der Waals surface area contributed by atoms with Crippen molar-refractivity contribution in [2.45, 2.75) is 6.92 Å². The van der Waals surface area contributed by atoms with E-state index in [4.69, 9.17) is 28.9 Å². The maximum atomic E-state index is 13.8. The lowest BCUT2D eigenvalue weighted by molar-refractivity contribution is 0.631. The molecule has 4 heteroatoms. The molecule has 0 aromatic heterocycles. The molecule has 0 unspecified atom stereocenters. The zero-order valence-electron chi connectivity index (χ0n) is 9.10. The Balaban J connectivity index is 2.68. The van der Waals surface area contributed by atoms with Crippen LogP contribution in [0.3, 0.4) is 0 Å². The minimum absolute atomic E-state index is 0.405. The third-order valence-electron chi connectivity index (χ3n) is 2.57. The predicted molar refractivity (Wildman–Crippen MR) is 71.0 cm³/mol. The maximum absolute atomic E-state index is 13.8. The molecule has 0 saturated carbocycles. The van der Waals surface area contributed by atoms with Crippen molar-refractivity contribution in [3.05, 3.63) is 51.8 Å². The average molecular weight is 270 g/mol. The first-order valence-electron chi connectivity index (χ1n) is 5.00. The molecular formula is C13H10Cl2FN. The van der Waals surface area contributed by atoms with Gasteiger partial charge in [0.2, 0.25) is 0 Å². The van der Waals surface area contributed by atoms with Gasteiger partial charge in [-0.25, -0.2) is 4.39 Å². The summed E-state index contributed by atoms with van der Waals surface area (Å²) >= 11 is 11.9. The van der Waals surface area contributed by atoms with E-state index in [1.807, 2.05) is 6.92 Å². The third-order valence-corrected chi connectivity index (χ3v) is 3.14. The number of anilines is 1. The molecule has 0 radical (unpaired) electrons. The highest BCUT2D eigenvalue weighted by molar-refractivity contribution is 6.35. The number of benzene rings is 2. The fourth-order valence-electron chi connectivity index (χ4n) is 1.61. The Morgan fingerprint density at radius 3 is 2.47 bits per heavy atom. The number of nitrogens with two attached hydrogens (primary N) is 1. The summed E-state index contributed by atoms with van der Waals surface area (Å²) < 4.78 is 13.8. The monoisotopic (exact) mass is 269 g/mol. The van der Waals surface area contributed by atoms with Crippen LogP contribution in [0.2, 0.25) is 10.0 Å². The van der Waals surface area contributed by atoms with Gasteiger partial charge < -0.3 is 5.73 Å². The lowest BCUT2D eigenvalue weighted by Gasteiger charge is -2.09. The molecule has 0 fully saturated rings. The Hall–Kier alpha value is -1.25. The third kappa shape index (κ3) is 2.38. The second-order valence-electron chi connectivity index (χ2n) is 3.81. The summed E-state index contributed by atoms with van der Waals surface area (Å²) in [4.78, 5) is 0. The van der Waals surface area contributed by atoms with Crippen molar-refractivity contribution in [2.24, 2.45) is 0 Å². The first-order chi connectivity index (χ1) is 7.99. The van der Waals surface area contributed by atoms with Crippen LogP contribution in [0.5, 0.6) is 0 Å². The lowest BCUT2D eigenvalue weighted by atomic mass is 10.0. The van der Waals surface area contributed by atoms with Gasteiger partial charge in [-0.2, -0.15) is 0 Å². The summed E-state index contributed by atoms with van der Waals surface area (Å²) in [5.74, 6) is -0.405. The second kappa shape index (κ2) is 4.55. The largest absolute Gasteiger partial charge is 0.398 e. The molecule has 17 heavy (non-hydrogen) atoms. The summed E-state index contributed by atoms with van der Waals surface area (Å²) in [6.07, 6.45) is 0. The van der Waals surface area contributed by atoms with E-state index in [2.05, 4.69) is 0 Å². The Bertz CT molecular complexity index is 582.